The number of carbonyl (C=O) groups excluding carboxylic acids is 2. The van der Waals surface area contributed by atoms with Crippen molar-refractivity contribution in [3.05, 3.63) is 48.0 Å². The van der Waals surface area contributed by atoms with Gasteiger partial charge in [0.2, 0.25) is 5.91 Å². The summed E-state index contributed by atoms with van der Waals surface area (Å²) in [7, 11) is 1.60. The van der Waals surface area contributed by atoms with Crippen LogP contribution < -0.4 is 15.4 Å². The normalized spacial score (nSPS) is 20.9. The van der Waals surface area contributed by atoms with E-state index in [0.717, 1.165) is 36.9 Å². The van der Waals surface area contributed by atoms with Gasteiger partial charge in [-0.2, -0.15) is 0 Å². The summed E-state index contributed by atoms with van der Waals surface area (Å²) in [5, 5.41) is 15.5. The summed E-state index contributed by atoms with van der Waals surface area (Å²) >= 11 is 0. The fourth-order valence-corrected chi connectivity index (χ4v) is 5.80. The third kappa shape index (κ3) is 7.26. The molecule has 4 rings (SSSR count). The number of nitrogens with one attached hydrogen (secondary N) is 3. The molecule has 2 aliphatic rings. The second kappa shape index (κ2) is 13.3. The third-order valence-electron chi connectivity index (χ3n) is 7.91. The molecule has 1 aromatic heterocycles. The number of carboxylic acids is 1. The van der Waals surface area contributed by atoms with E-state index in [1.54, 1.807) is 19.6 Å². The maximum atomic E-state index is 14.0. The zero-order chi connectivity index (χ0) is 26.9. The molecule has 1 saturated heterocycles. The number of urea groups is 1. The molecule has 2 fully saturated rings. The number of rotatable bonds is 10. The highest BCUT2D eigenvalue weighted by atomic mass is 16.5. The number of methoxy groups -OCH3 is 1. The number of aromatic nitrogens is 2. The highest BCUT2D eigenvalue weighted by molar-refractivity contribution is 5.88. The highest BCUT2D eigenvalue weighted by Crippen LogP contribution is 2.36. The number of aromatic amines is 1. The van der Waals surface area contributed by atoms with E-state index in [4.69, 9.17) is 4.74 Å². The second-order valence-electron chi connectivity index (χ2n) is 10.4. The first kappa shape index (κ1) is 27.5. The predicted molar refractivity (Wildman–Crippen MR) is 142 cm³/mol. The Morgan fingerprint density at radius 3 is 2.58 bits per heavy atom. The van der Waals surface area contributed by atoms with E-state index in [9.17, 15) is 19.5 Å². The van der Waals surface area contributed by atoms with Gasteiger partial charge in [0.25, 0.3) is 0 Å². The molecule has 10 nitrogen and oxygen atoms in total. The van der Waals surface area contributed by atoms with Crippen molar-refractivity contribution in [2.45, 2.75) is 69.9 Å². The van der Waals surface area contributed by atoms with Crippen molar-refractivity contribution < 1.29 is 24.2 Å². The summed E-state index contributed by atoms with van der Waals surface area (Å²) < 4.78 is 5.26. The molecule has 38 heavy (non-hydrogen) atoms. The van der Waals surface area contributed by atoms with Crippen LogP contribution in [0.15, 0.2) is 36.8 Å². The Hall–Kier alpha value is -3.56. The maximum Gasteiger partial charge on any atom is 0.315 e. The molecule has 0 bridgehead atoms. The van der Waals surface area contributed by atoms with Crippen molar-refractivity contribution in [3.8, 4) is 5.75 Å². The standard InChI is InChI=1S/C28H39N5O5/c1-38-23-9-7-19(8-10-23)15-24(32-28(37)30-13-11-22-17-29-18-31-22)26(34)33-14-12-21(27(35)36)16-25(33)20-5-3-2-4-6-20/h7-10,17-18,20-21,24-25H,2-6,11-16H2,1H3,(H,29,31)(H,35,36)(H2,30,32,37). The number of piperidine rings is 1. The van der Waals surface area contributed by atoms with Crippen LogP contribution in [0.1, 0.15) is 56.2 Å². The number of H-pyrrole nitrogens is 1. The number of benzene rings is 1. The van der Waals surface area contributed by atoms with Crippen molar-refractivity contribution in [2.24, 2.45) is 11.8 Å². The van der Waals surface area contributed by atoms with Crippen LogP contribution in [0, 0.1) is 11.8 Å². The lowest BCUT2D eigenvalue weighted by Gasteiger charge is -2.45. The number of hydrogen-bond donors (Lipinski definition) is 4. The van der Waals surface area contributed by atoms with Crippen molar-refractivity contribution in [1.82, 2.24) is 25.5 Å². The van der Waals surface area contributed by atoms with Gasteiger partial charge in [0.05, 0.1) is 19.4 Å². The second-order valence-corrected chi connectivity index (χ2v) is 10.4. The molecule has 10 heteroatoms. The predicted octanol–water partition coefficient (Wildman–Crippen LogP) is 3.14. The minimum absolute atomic E-state index is 0.124. The minimum atomic E-state index is -0.789. The summed E-state index contributed by atoms with van der Waals surface area (Å²) in [5.74, 6) is -0.370. The number of hydrogen-bond acceptors (Lipinski definition) is 5. The Morgan fingerprint density at radius 1 is 1.16 bits per heavy atom. The number of ether oxygens (including phenoxy) is 1. The Bertz CT molecular complexity index is 1050. The first-order valence-electron chi connectivity index (χ1n) is 13.6. The Morgan fingerprint density at radius 2 is 1.92 bits per heavy atom. The Balaban J connectivity index is 1.49. The van der Waals surface area contributed by atoms with Gasteiger partial charge >= 0.3 is 12.0 Å². The van der Waals surface area contributed by atoms with Crippen LogP contribution >= 0.6 is 0 Å². The number of aliphatic carboxylic acids is 1. The summed E-state index contributed by atoms with van der Waals surface area (Å²) in [5.41, 5.74) is 1.81. The molecule has 0 radical (unpaired) electrons. The zero-order valence-electron chi connectivity index (χ0n) is 22.0. The van der Waals surface area contributed by atoms with Crippen LogP contribution in [0.25, 0.3) is 0 Å². The number of amides is 3. The van der Waals surface area contributed by atoms with Gasteiger partial charge < -0.3 is 30.4 Å². The minimum Gasteiger partial charge on any atom is -0.497 e. The first-order chi connectivity index (χ1) is 18.4. The van der Waals surface area contributed by atoms with Gasteiger partial charge in [-0.25, -0.2) is 9.78 Å². The quantitative estimate of drug-likeness (QED) is 0.376. The van der Waals surface area contributed by atoms with Crippen LogP contribution in [-0.2, 0) is 22.4 Å². The van der Waals surface area contributed by atoms with Gasteiger partial charge in [0.1, 0.15) is 11.8 Å². The lowest BCUT2D eigenvalue weighted by Crippen LogP contribution is -2.58. The van der Waals surface area contributed by atoms with E-state index in [0.29, 0.717) is 50.4 Å². The summed E-state index contributed by atoms with van der Waals surface area (Å²) in [4.78, 5) is 47.6. The molecule has 2 aromatic rings. The Labute approximate surface area is 223 Å². The van der Waals surface area contributed by atoms with Crippen molar-refractivity contribution in [1.29, 1.82) is 0 Å². The van der Waals surface area contributed by atoms with E-state index in [-0.39, 0.29) is 11.9 Å². The van der Waals surface area contributed by atoms with Crippen molar-refractivity contribution >= 4 is 17.9 Å². The molecule has 206 valence electrons. The summed E-state index contributed by atoms with van der Waals surface area (Å²) in [6, 6.07) is 6.16. The molecule has 3 atom stereocenters. The van der Waals surface area contributed by atoms with Crippen LogP contribution in [0.3, 0.4) is 0 Å². The monoisotopic (exact) mass is 525 g/mol. The summed E-state index contributed by atoms with van der Waals surface area (Å²) in [6.45, 7) is 0.783. The van der Waals surface area contributed by atoms with E-state index in [2.05, 4.69) is 20.6 Å². The maximum absolute atomic E-state index is 14.0. The third-order valence-corrected chi connectivity index (χ3v) is 7.91. The molecule has 3 unspecified atom stereocenters. The van der Waals surface area contributed by atoms with E-state index >= 15 is 0 Å². The van der Waals surface area contributed by atoms with E-state index < -0.39 is 24.0 Å². The highest BCUT2D eigenvalue weighted by Gasteiger charge is 2.41. The molecule has 2 heterocycles. The van der Waals surface area contributed by atoms with E-state index in [1.807, 2.05) is 29.2 Å². The fraction of sp³-hybridized carbons (Fsp3) is 0.571. The molecule has 3 amide bonds. The largest absolute Gasteiger partial charge is 0.497 e. The lowest BCUT2D eigenvalue weighted by atomic mass is 9.77. The van der Waals surface area contributed by atoms with Crippen LogP contribution in [0.4, 0.5) is 4.79 Å². The van der Waals surface area contributed by atoms with Gasteiger partial charge in [-0.1, -0.05) is 31.4 Å². The number of nitrogens with zero attached hydrogens (tertiary/aromatic N) is 2. The van der Waals surface area contributed by atoms with Crippen molar-refractivity contribution in [2.75, 3.05) is 20.2 Å². The molecular formula is C28H39N5O5. The number of carboxylic acid groups (broad SMARTS) is 1. The number of imidazole rings is 1. The molecular weight excluding hydrogens is 486 g/mol. The molecule has 1 saturated carbocycles. The molecule has 4 N–H and O–H groups in total. The molecule has 1 aliphatic carbocycles. The van der Waals surface area contributed by atoms with E-state index in [1.165, 1.54) is 6.42 Å². The SMILES string of the molecule is COc1ccc(CC(NC(=O)NCCc2cnc[nH]2)C(=O)N2CCC(C(=O)O)CC2C2CCCCC2)cc1. The molecule has 0 spiro atoms. The van der Waals surface area contributed by atoms with Gasteiger partial charge in [0.15, 0.2) is 0 Å². The fourth-order valence-electron chi connectivity index (χ4n) is 5.80. The van der Waals surface area contributed by atoms with Gasteiger partial charge in [-0.3, -0.25) is 9.59 Å². The topological polar surface area (TPSA) is 137 Å². The van der Waals surface area contributed by atoms with Gasteiger partial charge in [0, 0.05) is 43.9 Å². The number of likely N-dealkylation sites (tertiary alicyclic amines) is 1. The van der Waals surface area contributed by atoms with Crippen LogP contribution in [0.5, 0.6) is 5.75 Å². The smallest absolute Gasteiger partial charge is 0.315 e. The average molecular weight is 526 g/mol. The summed E-state index contributed by atoms with van der Waals surface area (Å²) in [6.07, 6.45) is 10.5. The van der Waals surface area contributed by atoms with Gasteiger partial charge in [-0.05, 0) is 49.3 Å². The Kier molecular flexibility index (Phi) is 9.62. The zero-order valence-corrected chi connectivity index (χ0v) is 22.0. The average Bonchev–Trinajstić information content (AvgIpc) is 3.46. The number of carbonyl (C=O) groups is 3. The first-order valence-corrected chi connectivity index (χ1v) is 13.6. The van der Waals surface area contributed by atoms with Crippen LogP contribution in [0.2, 0.25) is 0 Å². The lowest BCUT2D eigenvalue weighted by molar-refractivity contribution is -0.150. The van der Waals surface area contributed by atoms with Crippen LogP contribution in [-0.4, -0.2) is 70.2 Å². The van der Waals surface area contributed by atoms with Gasteiger partial charge in [-0.15, -0.1) is 0 Å². The molecule has 1 aliphatic heterocycles. The van der Waals surface area contributed by atoms with Crippen molar-refractivity contribution in [3.63, 3.8) is 0 Å². The molecule has 1 aromatic carbocycles.